The quantitative estimate of drug-likeness (QED) is 0.507. The SMILES string of the molecule is CC(F)(F)CC(F)(F)F.FCC(F)(F)C(F)(F)C(F)(F)C(F)(F)F. The molecule has 0 saturated heterocycles. The van der Waals surface area contributed by atoms with Gasteiger partial charge in [-0.15, -0.1) is 0 Å². The summed E-state index contributed by atoms with van der Waals surface area (Å²) in [6.07, 6.45) is -13.7. The van der Waals surface area contributed by atoms with Gasteiger partial charge in [0.05, 0.1) is 0 Å². The van der Waals surface area contributed by atoms with Crippen LogP contribution in [0.2, 0.25) is 0 Å². The third-order valence-electron chi connectivity index (χ3n) is 1.89. The second-order valence-corrected chi connectivity index (χ2v) is 4.35. The molecule has 0 saturated carbocycles. The zero-order valence-corrected chi connectivity index (χ0v) is 11.1. The molecule has 15 heteroatoms. The van der Waals surface area contributed by atoms with Crippen LogP contribution in [0.3, 0.4) is 0 Å². The molecule has 0 unspecified atom stereocenters. The van der Waals surface area contributed by atoms with Gasteiger partial charge in [-0.1, -0.05) is 0 Å². The van der Waals surface area contributed by atoms with Gasteiger partial charge in [0.1, 0.15) is 6.42 Å². The summed E-state index contributed by atoms with van der Waals surface area (Å²) in [7, 11) is 0. The van der Waals surface area contributed by atoms with E-state index in [1.807, 2.05) is 0 Å². The molecule has 0 atom stereocenters. The zero-order valence-electron chi connectivity index (χ0n) is 11.1. The summed E-state index contributed by atoms with van der Waals surface area (Å²) in [5, 5.41) is 0. The van der Waals surface area contributed by atoms with E-state index >= 15 is 0 Å². The van der Waals surface area contributed by atoms with Crippen molar-refractivity contribution >= 4 is 0 Å². The monoisotopic (exact) mass is 400 g/mol. The van der Waals surface area contributed by atoms with Crippen LogP contribution in [0.1, 0.15) is 13.3 Å². The van der Waals surface area contributed by atoms with Crippen LogP contribution < -0.4 is 0 Å². The standard InChI is InChI=1S/C5H2F10.C4H5F5/c6-1-2(7,8)3(9,10)4(11,12)5(13,14)15;1-3(5,6)2-4(7,8)9/h1H2;2H2,1H3. The molecule has 0 amide bonds. The van der Waals surface area contributed by atoms with Gasteiger partial charge in [0.25, 0.3) is 5.92 Å². The van der Waals surface area contributed by atoms with Gasteiger partial charge in [0.2, 0.25) is 0 Å². The highest BCUT2D eigenvalue weighted by Crippen LogP contribution is 2.53. The van der Waals surface area contributed by atoms with Crippen LogP contribution in [0, 0.1) is 0 Å². The molecule has 0 aliphatic rings. The van der Waals surface area contributed by atoms with E-state index in [4.69, 9.17) is 0 Å². The molecular weight excluding hydrogens is 393 g/mol. The fourth-order valence-electron chi connectivity index (χ4n) is 0.844. The first kappa shape index (κ1) is 25.2. The van der Waals surface area contributed by atoms with E-state index in [0.29, 0.717) is 0 Å². The van der Waals surface area contributed by atoms with Crippen LogP contribution >= 0.6 is 0 Å². The maximum Gasteiger partial charge on any atom is 0.460 e. The van der Waals surface area contributed by atoms with E-state index in [1.54, 1.807) is 0 Å². The molecular formula is C9H7F15. The number of halogens is 15. The van der Waals surface area contributed by atoms with Gasteiger partial charge in [-0.05, 0) is 6.92 Å². The summed E-state index contributed by atoms with van der Waals surface area (Å²) in [5.41, 5.74) is 0. The third kappa shape index (κ3) is 6.83. The Kier molecular flexibility index (Phi) is 7.41. The molecule has 0 nitrogen and oxygen atoms in total. The fourth-order valence-corrected chi connectivity index (χ4v) is 0.844. The van der Waals surface area contributed by atoms with Crippen molar-refractivity contribution in [2.45, 2.75) is 49.4 Å². The number of alkyl halides is 15. The first-order chi connectivity index (χ1) is 10.0. The minimum Gasteiger partial charge on any atom is -0.244 e. The van der Waals surface area contributed by atoms with Crippen molar-refractivity contribution in [2.24, 2.45) is 0 Å². The van der Waals surface area contributed by atoms with E-state index in [9.17, 15) is 65.9 Å². The van der Waals surface area contributed by atoms with Crippen molar-refractivity contribution < 1.29 is 65.9 Å². The lowest BCUT2D eigenvalue weighted by molar-refractivity contribution is -0.397. The minimum absolute atomic E-state index is 0.237. The van der Waals surface area contributed by atoms with Gasteiger partial charge < -0.3 is 0 Å². The molecule has 0 aliphatic carbocycles. The predicted molar refractivity (Wildman–Crippen MR) is 48.2 cm³/mol. The maximum atomic E-state index is 12.0. The van der Waals surface area contributed by atoms with Gasteiger partial charge in [0.15, 0.2) is 6.67 Å². The molecule has 0 aliphatic heterocycles. The number of hydrogen-bond acceptors (Lipinski definition) is 0. The van der Waals surface area contributed by atoms with E-state index in [-0.39, 0.29) is 6.92 Å². The molecule has 0 rings (SSSR count). The highest BCUT2D eigenvalue weighted by molar-refractivity contribution is 5.00. The van der Waals surface area contributed by atoms with Gasteiger partial charge in [0, 0.05) is 0 Å². The lowest BCUT2D eigenvalue weighted by Gasteiger charge is -2.32. The van der Waals surface area contributed by atoms with E-state index in [0.717, 1.165) is 0 Å². The van der Waals surface area contributed by atoms with Gasteiger partial charge in [-0.2, -0.15) is 52.7 Å². The molecule has 0 aromatic heterocycles. The predicted octanol–water partition coefficient (Wildman–Crippen LogP) is 6.02. The number of rotatable bonds is 4. The lowest BCUT2D eigenvalue weighted by Crippen LogP contribution is -2.61. The van der Waals surface area contributed by atoms with Crippen LogP contribution in [-0.4, -0.2) is 42.7 Å². The second kappa shape index (κ2) is 7.06. The average molecular weight is 400 g/mol. The molecule has 0 fully saturated rings. The van der Waals surface area contributed by atoms with Crippen molar-refractivity contribution in [1.82, 2.24) is 0 Å². The Bertz CT molecular complexity index is 369. The first-order valence-corrected chi connectivity index (χ1v) is 5.22. The van der Waals surface area contributed by atoms with Crippen molar-refractivity contribution in [3.05, 3.63) is 0 Å². The van der Waals surface area contributed by atoms with Crippen LogP contribution in [-0.2, 0) is 0 Å². The Hall–Kier alpha value is -1.05. The Morgan fingerprint density at radius 1 is 0.583 bits per heavy atom. The molecule has 0 N–H and O–H groups in total. The lowest BCUT2D eigenvalue weighted by atomic mass is 10.1. The van der Waals surface area contributed by atoms with Crippen LogP contribution in [0.4, 0.5) is 65.9 Å². The first-order valence-electron chi connectivity index (χ1n) is 5.22. The van der Waals surface area contributed by atoms with Gasteiger partial charge in [-0.3, -0.25) is 0 Å². The topological polar surface area (TPSA) is 0 Å². The smallest absolute Gasteiger partial charge is 0.244 e. The van der Waals surface area contributed by atoms with Crippen molar-refractivity contribution in [3.63, 3.8) is 0 Å². The summed E-state index contributed by atoms with van der Waals surface area (Å²) < 4.78 is 173. The molecule has 0 aromatic rings. The highest BCUT2D eigenvalue weighted by Gasteiger charge is 2.81. The largest absolute Gasteiger partial charge is 0.460 e. The summed E-state index contributed by atoms with van der Waals surface area (Å²) in [6.45, 7) is -3.09. The zero-order chi connectivity index (χ0) is 20.4. The molecule has 148 valence electrons. The highest BCUT2D eigenvalue weighted by atomic mass is 19.4. The normalized spacial score (nSPS) is 15.0. The van der Waals surface area contributed by atoms with Gasteiger partial charge in [-0.25, -0.2) is 13.2 Å². The molecule has 0 aromatic carbocycles. The van der Waals surface area contributed by atoms with Crippen LogP contribution in [0.15, 0.2) is 0 Å². The molecule has 0 bridgehead atoms. The summed E-state index contributed by atoms with van der Waals surface area (Å²) in [4.78, 5) is 0. The van der Waals surface area contributed by atoms with Crippen LogP contribution in [0.5, 0.6) is 0 Å². The van der Waals surface area contributed by atoms with E-state index in [2.05, 4.69) is 0 Å². The minimum atomic E-state index is -7.00. The molecule has 0 heterocycles. The van der Waals surface area contributed by atoms with E-state index in [1.165, 1.54) is 0 Å². The Balaban J connectivity index is 0. The van der Waals surface area contributed by atoms with Crippen molar-refractivity contribution in [2.75, 3.05) is 6.67 Å². The third-order valence-corrected chi connectivity index (χ3v) is 1.89. The molecule has 0 radical (unpaired) electrons. The van der Waals surface area contributed by atoms with Gasteiger partial charge >= 0.3 is 30.1 Å². The second-order valence-electron chi connectivity index (χ2n) is 4.35. The Morgan fingerprint density at radius 2 is 0.917 bits per heavy atom. The Morgan fingerprint density at radius 3 is 1.04 bits per heavy atom. The maximum absolute atomic E-state index is 12.0. The van der Waals surface area contributed by atoms with Crippen molar-refractivity contribution in [3.8, 4) is 0 Å². The number of hydrogen-bond donors (Lipinski definition) is 0. The van der Waals surface area contributed by atoms with E-state index < -0.39 is 49.1 Å². The molecule has 0 spiro atoms. The Labute approximate surface area is 123 Å². The fraction of sp³-hybridized carbons (Fsp3) is 1.00. The summed E-state index contributed by atoms with van der Waals surface area (Å²) in [6, 6.07) is 0. The average Bonchev–Trinajstić information content (AvgIpc) is 2.22. The molecule has 24 heavy (non-hydrogen) atoms. The summed E-state index contributed by atoms with van der Waals surface area (Å²) in [5.74, 6) is -23.6. The van der Waals surface area contributed by atoms with Crippen molar-refractivity contribution in [1.29, 1.82) is 0 Å². The van der Waals surface area contributed by atoms with Crippen LogP contribution in [0.25, 0.3) is 0 Å². The summed E-state index contributed by atoms with van der Waals surface area (Å²) >= 11 is 0.